The summed E-state index contributed by atoms with van der Waals surface area (Å²) in [4.78, 5) is 14.3. The molecule has 0 bridgehead atoms. The second-order valence-corrected chi connectivity index (χ2v) is 6.55. The topological polar surface area (TPSA) is 55.6 Å². The zero-order chi connectivity index (χ0) is 16.4. The van der Waals surface area contributed by atoms with Crippen LogP contribution in [0.2, 0.25) is 0 Å². The van der Waals surface area contributed by atoms with Gasteiger partial charge in [-0.15, -0.1) is 12.4 Å². The monoisotopic (exact) mass is 360 g/mol. The first-order valence-corrected chi connectivity index (χ1v) is 8.18. The average molecular weight is 361 g/mol. The van der Waals surface area contributed by atoms with Crippen LogP contribution in [0.5, 0.6) is 5.75 Å². The van der Waals surface area contributed by atoms with Gasteiger partial charge in [-0.05, 0) is 25.0 Å². The molecule has 1 aromatic carbocycles. The van der Waals surface area contributed by atoms with Crippen molar-refractivity contribution in [1.29, 1.82) is 0 Å². The molecule has 1 aromatic rings. The molecule has 1 heterocycles. The summed E-state index contributed by atoms with van der Waals surface area (Å²) in [6, 6.07) is 3.29. The Morgan fingerprint density at radius 3 is 2.42 bits per heavy atom. The van der Waals surface area contributed by atoms with Gasteiger partial charge in [-0.2, -0.15) is 0 Å². The molecule has 0 radical (unpaired) electrons. The van der Waals surface area contributed by atoms with E-state index in [0.29, 0.717) is 25.9 Å². The predicted octanol–water partition coefficient (Wildman–Crippen LogP) is 3.03. The lowest BCUT2D eigenvalue weighted by Gasteiger charge is -2.36. The van der Waals surface area contributed by atoms with E-state index in [1.54, 1.807) is 4.90 Å². The van der Waals surface area contributed by atoms with E-state index in [2.05, 4.69) is 0 Å². The maximum absolute atomic E-state index is 13.6. The highest BCUT2D eigenvalue weighted by molar-refractivity contribution is 5.86. The SMILES string of the molecule is Cl.NC1(C(=O)N2CCC(Oc3ccc(F)cc3F)CC2)CCCC1. The van der Waals surface area contributed by atoms with Gasteiger partial charge in [0.25, 0.3) is 0 Å². The Bertz CT molecular complexity index is 586. The number of carbonyl (C=O) groups excluding carboxylic acids is 1. The van der Waals surface area contributed by atoms with Gasteiger partial charge in [0, 0.05) is 32.0 Å². The van der Waals surface area contributed by atoms with E-state index in [4.69, 9.17) is 10.5 Å². The van der Waals surface area contributed by atoms with Crippen LogP contribution in [0.4, 0.5) is 8.78 Å². The number of hydrogen-bond donors (Lipinski definition) is 1. The fourth-order valence-corrected chi connectivity index (χ4v) is 3.46. The molecule has 0 atom stereocenters. The molecule has 1 saturated heterocycles. The van der Waals surface area contributed by atoms with Crippen molar-refractivity contribution >= 4 is 18.3 Å². The molecule has 134 valence electrons. The second-order valence-electron chi connectivity index (χ2n) is 6.55. The summed E-state index contributed by atoms with van der Waals surface area (Å²) in [5.74, 6) is -1.24. The van der Waals surface area contributed by atoms with Crippen LogP contribution in [0.3, 0.4) is 0 Å². The van der Waals surface area contributed by atoms with E-state index < -0.39 is 17.2 Å². The van der Waals surface area contributed by atoms with Gasteiger partial charge in [-0.1, -0.05) is 12.8 Å². The smallest absolute Gasteiger partial charge is 0.242 e. The highest BCUT2D eigenvalue weighted by Crippen LogP contribution is 2.30. The van der Waals surface area contributed by atoms with Crippen LogP contribution in [0.25, 0.3) is 0 Å². The molecule has 2 N–H and O–H groups in total. The van der Waals surface area contributed by atoms with E-state index >= 15 is 0 Å². The number of halogens is 3. The zero-order valence-corrected chi connectivity index (χ0v) is 14.3. The minimum absolute atomic E-state index is 0. The lowest BCUT2D eigenvalue weighted by atomic mass is 9.95. The molecule has 1 amide bonds. The Hall–Kier alpha value is -1.40. The Morgan fingerprint density at radius 2 is 1.83 bits per heavy atom. The van der Waals surface area contributed by atoms with Crippen molar-refractivity contribution in [2.45, 2.75) is 50.2 Å². The van der Waals surface area contributed by atoms with E-state index in [-0.39, 0.29) is 30.2 Å². The summed E-state index contributed by atoms with van der Waals surface area (Å²) < 4.78 is 32.1. The van der Waals surface area contributed by atoms with Crippen LogP contribution in [-0.2, 0) is 4.79 Å². The third-order valence-electron chi connectivity index (χ3n) is 4.84. The summed E-state index contributed by atoms with van der Waals surface area (Å²) in [7, 11) is 0. The van der Waals surface area contributed by atoms with E-state index in [1.165, 1.54) is 12.1 Å². The summed E-state index contributed by atoms with van der Waals surface area (Å²) in [6.45, 7) is 1.12. The summed E-state index contributed by atoms with van der Waals surface area (Å²) in [5, 5.41) is 0. The van der Waals surface area contributed by atoms with Gasteiger partial charge >= 0.3 is 0 Å². The molecular weight excluding hydrogens is 338 g/mol. The average Bonchev–Trinajstić information content (AvgIpc) is 2.98. The Labute approximate surface area is 146 Å². The highest BCUT2D eigenvalue weighted by atomic mass is 35.5. The first kappa shape index (κ1) is 18.9. The van der Waals surface area contributed by atoms with Gasteiger partial charge in [-0.3, -0.25) is 4.79 Å². The van der Waals surface area contributed by atoms with Crippen molar-refractivity contribution in [2.75, 3.05) is 13.1 Å². The Kier molecular flexibility index (Phi) is 6.04. The second kappa shape index (κ2) is 7.66. The minimum atomic E-state index is -0.699. The number of piperidine rings is 1. The molecule has 3 rings (SSSR count). The van der Waals surface area contributed by atoms with Gasteiger partial charge < -0.3 is 15.4 Å². The van der Waals surface area contributed by atoms with E-state index in [9.17, 15) is 13.6 Å². The Balaban J connectivity index is 0.00000208. The third kappa shape index (κ3) is 3.98. The van der Waals surface area contributed by atoms with Crippen LogP contribution in [0, 0.1) is 11.6 Å². The van der Waals surface area contributed by atoms with Gasteiger partial charge in [0.05, 0.1) is 5.54 Å². The highest BCUT2D eigenvalue weighted by Gasteiger charge is 2.40. The van der Waals surface area contributed by atoms with Crippen molar-refractivity contribution in [3.05, 3.63) is 29.8 Å². The van der Waals surface area contributed by atoms with Gasteiger partial charge in [0.15, 0.2) is 11.6 Å². The molecule has 1 aliphatic carbocycles. The van der Waals surface area contributed by atoms with Crippen molar-refractivity contribution in [2.24, 2.45) is 5.73 Å². The number of ether oxygens (including phenoxy) is 1. The standard InChI is InChI=1S/C17H22F2N2O2.ClH/c18-12-3-4-15(14(19)11-12)23-13-5-9-21(10-6-13)16(22)17(20)7-1-2-8-17;/h3-4,11,13H,1-2,5-10,20H2;1H. The zero-order valence-electron chi connectivity index (χ0n) is 13.5. The van der Waals surface area contributed by atoms with Crippen LogP contribution in [-0.4, -0.2) is 35.5 Å². The molecule has 4 nitrogen and oxygen atoms in total. The first-order chi connectivity index (χ1) is 11.0. The van der Waals surface area contributed by atoms with Crippen molar-refractivity contribution in [3.63, 3.8) is 0 Å². The lowest BCUT2D eigenvalue weighted by Crippen LogP contribution is -2.56. The molecule has 2 aliphatic rings. The summed E-state index contributed by atoms with van der Waals surface area (Å²) >= 11 is 0. The Morgan fingerprint density at radius 1 is 1.21 bits per heavy atom. The van der Waals surface area contributed by atoms with Gasteiger partial charge in [0.1, 0.15) is 11.9 Å². The quantitative estimate of drug-likeness (QED) is 0.901. The van der Waals surface area contributed by atoms with Gasteiger partial charge in [0.2, 0.25) is 5.91 Å². The molecule has 1 aliphatic heterocycles. The molecular formula is C17H23ClF2N2O2. The van der Waals surface area contributed by atoms with Crippen LogP contribution in [0.1, 0.15) is 38.5 Å². The fourth-order valence-electron chi connectivity index (χ4n) is 3.46. The van der Waals surface area contributed by atoms with Crippen molar-refractivity contribution < 1.29 is 18.3 Å². The number of amides is 1. The number of rotatable bonds is 3. The normalized spacial score (nSPS) is 20.5. The number of nitrogens with zero attached hydrogens (tertiary/aromatic N) is 1. The molecule has 7 heteroatoms. The first-order valence-electron chi connectivity index (χ1n) is 8.18. The number of carbonyl (C=O) groups is 1. The molecule has 1 saturated carbocycles. The number of likely N-dealkylation sites (tertiary alicyclic amines) is 1. The van der Waals surface area contributed by atoms with Crippen molar-refractivity contribution in [3.8, 4) is 5.75 Å². The molecule has 0 spiro atoms. The van der Waals surface area contributed by atoms with Gasteiger partial charge in [-0.25, -0.2) is 8.78 Å². The molecule has 0 aromatic heterocycles. The number of nitrogens with two attached hydrogens (primary N) is 1. The maximum atomic E-state index is 13.6. The van der Waals surface area contributed by atoms with E-state index in [1.807, 2.05) is 0 Å². The number of benzene rings is 1. The van der Waals surface area contributed by atoms with Crippen LogP contribution >= 0.6 is 12.4 Å². The third-order valence-corrected chi connectivity index (χ3v) is 4.84. The predicted molar refractivity (Wildman–Crippen MR) is 89.2 cm³/mol. The maximum Gasteiger partial charge on any atom is 0.242 e. The largest absolute Gasteiger partial charge is 0.487 e. The van der Waals surface area contributed by atoms with Crippen LogP contribution in [0.15, 0.2) is 18.2 Å². The minimum Gasteiger partial charge on any atom is -0.487 e. The van der Waals surface area contributed by atoms with E-state index in [0.717, 1.165) is 31.7 Å². The van der Waals surface area contributed by atoms with Crippen molar-refractivity contribution in [1.82, 2.24) is 4.90 Å². The number of hydrogen-bond acceptors (Lipinski definition) is 3. The molecule has 2 fully saturated rings. The molecule has 0 unspecified atom stereocenters. The lowest BCUT2D eigenvalue weighted by molar-refractivity contribution is -0.138. The fraction of sp³-hybridized carbons (Fsp3) is 0.588. The van der Waals surface area contributed by atoms with Crippen LogP contribution < -0.4 is 10.5 Å². The summed E-state index contributed by atoms with van der Waals surface area (Å²) in [5.41, 5.74) is 5.52. The molecule has 24 heavy (non-hydrogen) atoms. The summed E-state index contributed by atoms with van der Waals surface area (Å²) in [6.07, 6.45) is 4.59.